The van der Waals surface area contributed by atoms with Crippen molar-refractivity contribution in [1.29, 1.82) is 0 Å². The summed E-state index contributed by atoms with van der Waals surface area (Å²) in [7, 11) is 0. The van der Waals surface area contributed by atoms with Crippen LogP contribution in [-0.4, -0.2) is 38.8 Å². The molecule has 1 aliphatic rings. The van der Waals surface area contributed by atoms with Gasteiger partial charge < -0.3 is 15.4 Å². The summed E-state index contributed by atoms with van der Waals surface area (Å²) in [6.45, 7) is 6.97. The maximum atomic E-state index is 5.63. The van der Waals surface area contributed by atoms with E-state index < -0.39 is 0 Å². The van der Waals surface area contributed by atoms with Crippen molar-refractivity contribution < 1.29 is 4.74 Å². The minimum atomic E-state index is 0.856. The number of hydrogen-bond donors (Lipinski definition) is 2. The van der Waals surface area contributed by atoms with E-state index in [1.807, 2.05) is 0 Å². The Balaban J connectivity index is 1.75. The van der Waals surface area contributed by atoms with Crippen LogP contribution in [0.1, 0.15) is 58.3 Å². The third kappa shape index (κ3) is 9.77. The molecule has 112 valence electrons. The summed E-state index contributed by atoms with van der Waals surface area (Å²) < 4.78 is 5.63. The van der Waals surface area contributed by atoms with E-state index in [1.165, 1.54) is 38.5 Å². The quantitative estimate of drug-likeness (QED) is 0.567. The highest BCUT2D eigenvalue weighted by Gasteiger charge is 2.01. The molecule has 0 saturated carbocycles. The molecular weight excluding hydrogens is 238 g/mol. The number of ether oxygens (including phenoxy) is 1. The lowest BCUT2D eigenvalue weighted by Crippen LogP contribution is -2.41. The molecule has 0 atom stereocenters. The lowest BCUT2D eigenvalue weighted by Gasteiger charge is -2.15. The highest BCUT2D eigenvalue weighted by Crippen LogP contribution is 2.04. The lowest BCUT2D eigenvalue weighted by molar-refractivity contribution is 0.128. The largest absolute Gasteiger partial charge is 0.381 e. The van der Waals surface area contributed by atoms with Crippen molar-refractivity contribution in [2.24, 2.45) is 4.99 Å². The first-order valence-corrected chi connectivity index (χ1v) is 8.03. The molecule has 0 amide bonds. The van der Waals surface area contributed by atoms with Crippen molar-refractivity contribution in [3.8, 4) is 0 Å². The average molecular weight is 269 g/mol. The first-order valence-electron chi connectivity index (χ1n) is 8.03. The molecule has 0 saturated heterocycles. The van der Waals surface area contributed by atoms with Crippen LogP contribution in [0.3, 0.4) is 0 Å². The standard InChI is InChI=1S/C15H31N3O/c1-2-3-4-5-6-7-13-19-14-9-12-18-15-16-10-8-11-17-15/h2-14H2,1H3,(H2,16,17,18). The number of aliphatic imine (C=N–C) groups is 1. The van der Waals surface area contributed by atoms with E-state index in [4.69, 9.17) is 4.74 Å². The molecule has 4 nitrogen and oxygen atoms in total. The summed E-state index contributed by atoms with van der Waals surface area (Å²) in [6.07, 6.45) is 10.2. The Bertz CT molecular complexity index is 231. The molecule has 1 aliphatic heterocycles. The van der Waals surface area contributed by atoms with Crippen LogP contribution >= 0.6 is 0 Å². The van der Waals surface area contributed by atoms with Gasteiger partial charge in [-0.05, 0) is 19.3 Å². The fourth-order valence-electron chi connectivity index (χ4n) is 2.12. The van der Waals surface area contributed by atoms with Crippen LogP contribution in [0, 0.1) is 0 Å². The van der Waals surface area contributed by atoms with E-state index in [-0.39, 0.29) is 0 Å². The molecule has 19 heavy (non-hydrogen) atoms. The van der Waals surface area contributed by atoms with E-state index in [0.29, 0.717) is 0 Å². The van der Waals surface area contributed by atoms with Crippen LogP contribution < -0.4 is 10.6 Å². The van der Waals surface area contributed by atoms with Crippen molar-refractivity contribution in [3.05, 3.63) is 0 Å². The van der Waals surface area contributed by atoms with E-state index in [1.54, 1.807) is 0 Å². The van der Waals surface area contributed by atoms with Crippen molar-refractivity contribution in [2.45, 2.75) is 58.3 Å². The van der Waals surface area contributed by atoms with Crippen molar-refractivity contribution in [3.63, 3.8) is 0 Å². The molecule has 0 fully saturated rings. The van der Waals surface area contributed by atoms with Gasteiger partial charge in [0.15, 0.2) is 5.96 Å². The zero-order valence-corrected chi connectivity index (χ0v) is 12.5. The van der Waals surface area contributed by atoms with Gasteiger partial charge in [-0.15, -0.1) is 0 Å². The third-order valence-electron chi connectivity index (χ3n) is 3.30. The molecule has 0 aromatic rings. The molecule has 2 N–H and O–H groups in total. The molecule has 0 spiro atoms. The SMILES string of the molecule is CCCCCCCCOCCCNC1=NCCCN1. The number of unbranched alkanes of at least 4 members (excludes halogenated alkanes) is 5. The van der Waals surface area contributed by atoms with Gasteiger partial charge in [0.25, 0.3) is 0 Å². The van der Waals surface area contributed by atoms with Crippen LogP contribution in [0.4, 0.5) is 0 Å². The smallest absolute Gasteiger partial charge is 0.191 e. The molecule has 0 radical (unpaired) electrons. The van der Waals surface area contributed by atoms with Gasteiger partial charge in [0.2, 0.25) is 0 Å². The maximum absolute atomic E-state index is 5.63. The van der Waals surface area contributed by atoms with Crippen LogP contribution in [-0.2, 0) is 4.74 Å². The molecule has 0 aromatic heterocycles. The summed E-state index contributed by atoms with van der Waals surface area (Å²) >= 11 is 0. The second kappa shape index (κ2) is 12.3. The van der Waals surface area contributed by atoms with Crippen LogP contribution in [0.5, 0.6) is 0 Å². The normalized spacial score (nSPS) is 14.9. The lowest BCUT2D eigenvalue weighted by atomic mass is 10.1. The summed E-state index contributed by atoms with van der Waals surface area (Å²) in [5.74, 6) is 0.960. The van der Waals surface area contributed by atoms with Crippen molar-refractivity contribution in [1.82, 2.24) is 10.6 Å². The van der Waals surface area contributed by atoms with E-state index in [2.05, 4.69) is 22.5 Å². The Hall–Kier alpha value is -0.770. The summed E-state index contributed by atoms with van der Waals surface area (Å²) in [6, 6.07) is 0. The van der Waals surface area contributed by atoms with Gasteiger partial charge in [0.1, 0.15) is 0 Å². The highest BCUT2D eigenvalue weighted by atomic mass is 16.5. The third-order valence-corrected chi connectivity index (χ3v) is 3.30. The highest BCUT2D eigenvalue weighted by molar-refractivity contribution is 5.80. The van der Waals surface area contributed by atoms with Gasteiger partial charge in [-0.1, -0.05) is 39.0 Å². The van der Waals surface area contributed by atoms with Gasteiger partial charge in [-0.25, -0.2) is 0 Å². The van der Waals surface area contributed by atoms with Gasteiger partial charge >= 0.3 is 0 Å². The molecule has 1 rings (SSSR count). The topological polar surface area (TPSA) is 45.6 Å². The van der Waals surface area contributed by atoms with E-state index >= 15 is 0 Å². The molecule has 0 aromatic carbocycles. The second-order valence-electron chi connectivity index (χ2n) is 5.17. The molecule has 4 heteroatoms. The molecular formula is C15H31N3O. The van der Waals surface area contributed by atoms with Crippen LogP contribution in [0.25, 0.3) is 0 Å². The van der Waals surface area contributed by atoms with E-state index in [0.717, 1.165) is 51.6 Å². The number of guanidine groups is 1. The van der Waals surface area contributed by atoms with Crippen molar-refractivity contribution >= 4 is 5.96 Å². The molecule has 0 aliphatic carbocycles. The first kappa shape index (κ1) is 16.3. The average Bonchev–Trinajstić information content (AvgIpc) is 2.46. The Morgan fingerprint density at radius 3 is 2.68 bits per heavy atom. The minimum absolute atomic E-state index is 0.856. The number of nitrogens with one attached hydrogen (secondary N) is 2. The predicted octanol–water partition coefficient (Wildman–Crippen LogP) is 2.69. The van der Waals surface area contributed by atoms with Gasteiger partial charge in [0.05, 0.1) is 0 Å². The predicted molar refractivity (Wildman–Crippen MR) is 81.7 cm³/mol. The maximum Gasteiger partial charge on any atom is 0.191 e. The van der Waals surface area contributed by atoms with Gasteiger partial charge in [-0.2, -0.15) is 0 Å². The summed E-state index contributed by atoms with van der Waals surface area (Å²) in [5, 5.41) is 6.56. The number of hydrogen-bond acceptors (Lipinski definition) is 4. The Kier molecular flexibility index (Phi) is 10.5. The van der Waals surface area contributed by atoms with Crippen LogP contribution in [0.15, 0.2) is 4.99 Å². The Morgan fingerprint density at radius 1 is 1.11 bits per heavy atom. The number of nitrogens with zero attached hydrogens (tertiary/aromatic N) is 1. The second-order valence-corrected chi connectivity index (χ2v) is 5.17. The zero-order chi connectivity index (χ0) is 13.6. The fourth-order valence-corrected chi connectivity index (χ4v) is 2.12. The summed E-state index contributed by atoms with van der Waals surface area (Å²) in [4.78, 5) is 4.37. The minimum Gasteiger partial charge on any atom is -0.381 e. The number of rotatable bonds is 11. The van der Waals surface area contributed by atoms with E-state index in [9.17, 15) is 0 Å². The fraction of sp³-hybridized carbons (Fsp3) is 0.933. The zero-order valence-electron chi connectivity index (χ0n) is 12.5. The Labute approximate surface area is 118 Å². The van der Waals surface area contributed by atoms with Gasteiger partial charge in [0, 0.05) is 32.8 Å². The summed E-state index contributed by atoms with van der Waals surface area (Å²) in [5.41, 5.74) is 0. The molecule has 1 heterocycles. The molecule has 0 bridgehead atoms. The molecule has 0 unspecified atom stereocenters. The Morgan fingerprint density at radius 2 is 1.89 bits per heavy atom. The first-order chi connectivity index (χ1) is 9.43. The van der Waals surface area contributed by atoms with Crippen LogP contribution in [0.2, 0.25) is 0 Å². The van der Waals surface area contributed by atoms with Crippen molar-refractivity contribution in [2.75, 3.05) is 32.8 Å². The monoisotopic (exact) mass is 269 g/mol. The van der Waals surface area contributed by atoms with Gasteiger partial charge in [-0.3, -0.25) is 4.99 Å².